The van der Waals surface area contributed by atoms with E-state index in [0.29, 0.717) is 5.41 Å². The van der Waals surface area contributed by atoms with E-state index in [-0.39, 0.29) is 0 Å². The summed E-state index contributed by atoms with van der Waals surface area (Å²) in [5.41, 5.74) is 0.357. The molecule has 2 heteroatoms. The van der Waals surface area contributed by atoms with E-state index < -0.39 is 0 Å². The lowest BCUT2D eigenvalue weighted by atomic mass is 9.82. The molecular weight excluding hydrogens is 210 g/mol. The van der Waals surface area contributed by atoms with Gasteiger partial charge in [-0.2, -0.15) is 0 Å². The summed E-state index contributed by atoms with van der Waals surface area (Å²) in [6.45, 7) is 10.2. The van der Waals surface area contributed by atoms with Crippen molar-refractivity contribution in [2.24, 2.45) is 17.3 Å². The molecule has 17 heavy (non-hydrogen) atoms. The van der Waals surface area contributed by atoms with E-state index in [0.717, 1.165) is 31.4 Å². The number of ether oxygens (including phenoxy) is 1. The van der Waals surface area contributed by atoms with Gasteiger partial charge in [-0.25, -0.2) is 0 Å². The summed E-state index contributed by atoms with van der Waals surface area (Å²) >= 11 is 0. The first-order valence-corrected chi connectivity index (χ1v) is 7.23. The van der Waals surface area contributed by atoms with Crippen molar-refractivity contribution in [3.63, 3.8) is 0 Å². The van der Waals surface area contributed by atoms with E-state index in [9.17, 15) is 0 Å². The Morgan fingerprint density at radius 3 is 2.71 bits per heavy atom. The Balaban J connectivity index is 2.13. The molecule has 102 valence electrons. The monoisotopic (exact) mass is 241 g/mol. The molecule has 1 fully saturated rings. The van der Waals surface area contributed by atoms with Crippen LogP contribution in [0.25, 0.3) is 0 Å². The summed E-state index contributed by atoms with van der Waals surface area (Å²) in [5, 5.41) is 3.67. The van der Waals surface area contributed by atoms with E-state index >= 15 is 0 Å². The highest BCUT2D eigenvalue weighted by Gasteiger charge is 2.21. The average Bonchev–Trinajstić information content (AvgIpc) is 2.26. The number of rotatable bonds is 7. The second-order valence-electron chi connectivity index (χ2n) is 6.68. The molecule has 0 amide bonds. The van der Waals surface area contributed by atoms with Gasteiger partial charge in [0.2, 0.25) is 0 Å². The minimum Gasteiger partial charge on any atom is -0.385 e. The van der Waals surface area contributed by atoms with E-state index in [1.165, 1.54) is 32.2 Å². The van der Waals surface area contributed by atoms with Gasteiger partial charge < -0.3 is 10.1 Å². The number of hydrogen-bond donors (Lipinski definition) is 1. The molecule has 1 saturated carbocycles. The van der Waals surface area contributed by atoms with Gasteiger partial charge in [-0.05, 0) is 43.1 Å². The molecule has 2 unspecified atom stereocenters. The lowest BCUT2D eigenvalue weighted by Gasteiger charge is -2.29. The van der Waals surface area contributed by atoms with E-state index in [2.05, 4.69) is 26.1 Å². The molecule has 1 aliphatic rings. The summed E-state index contributed by atoms with van der Waals surface area (Å²) in [7, 11) is 1.78. The van der Waals surface area contributed by atoms with Crippen molar-refractivity contribution in [2.45, 2.75) is 52.9 Å². The molecule has 0 bridgehead atoms. The van der Waals surface area contributed by atoms with Crippen molar-refractivity contribution < 1.29 is 4.74 Å². The Morgan fingerprint density at radius 2 is 2.06 bits per heavy atom. The van der Waals surface area contributed by atoms with Crippen molar-refractivity contribution in [1.29, 1.82) is 0 Å². The maximum absolute atomic E-state index is 5.16. The molecule has 0 heterocycles. The Labute approximate surface area is 108 Å². The van der Waals surface area contributed by atoms with Crippen molar-refractivity contribution >= 4 is 0 Å². The summed E-state index contributed by atoms with van der Waals surface area (Å²) in [6.07, 6.45) is 6.86. The molecule has 0 aromatic carbocycles. The highest BCUT2D eigenvalue weighted by molar-refractivity contribution is 4.75. The quantitative estimate of drug-likeness (QED) is 0.737. The van der Waals surface area contributed by atoms with Crippen LogP contribution in [-0.4, -0.2) is 26.8 Å². The fourth-order valence-electron chi connectivity index (χ4n) is 2.83. The van der Waals surface area contributed by atoms with Gasteiger partial charge in [0, 0.05) is 20.3 Å². The molecule has 0 saturated heterocycles. The van der Waals surface area contributed by atoms with Crippen LogP contribution in [0, 0.1) is 17.3 Å². The predicted molar refractivity (Wildman–Crippen MR) is 74.3 cm³/mol. The van der Waals surface area contributed by atoms with Gasteiger partial charge in [-0.3, -0.25) is 0 Å². The van der Waals surface area contributed by atoms with E-state index in [4.69, 9.17) is 4.74 Å². The van der Waals surface area contributed by atoms with Crippen LogP contribution in [-0.2, 0) is 4.74 Å². The van der Waals surface area contributed by atoms with Gasteiger partial charge in [0.1, 0.15) is 0 Å². The molecule has 0 aliphatic heterocycles. The van der Waals surface area contributed by atoms with Crippen LogP contribution < -0.4 is 5.32 Å². The van der Waals surface area contributed by atoms with Crippen molar-refractivity contribution in [3.8, 4) is 0 Å². The van der Waals surface area contributed by atoms with Crippen molar-refractivity contribution in [3.05, 3.63) is 0 Å². The SMILES string of the molecule is COCCC(C)(C)CNCC1CCCC(C)C1. The molecule has 1 N–H and O–H groups in total. The smallest absolute Gasteiger partial charge is 0.0467 e. The molecule has 1 rings (SSSR count). The fraction of sp³-hybridized carbons (Fsp3) is 1.00. The lowest BCUT2D eigenvalue weighted by molar-refractivity contribution is 0.149. The van der Waals surface area contributed by atoms with Crippen LogP contribution in [0.1, 0.15) is 52.9 Å². The largest absolute Gasteiger partial charge is 0.385 e. The first-order chi connectivity index (χ1) is 8.03. The van der Waals surface area contributed by atoms with Crippen LogP contribution in [0.15, 0.2) is 0 Å². The molecule has 2 nitrogen and oxygen atoms in total. The molecular formula is C15H31NO. The minimum atomic E-state index is 0.357. The second-order valence-corrected chi connectivity index (χ2v) is 6.68. The topological polar surface area (TPSA) is 21.3 Å². The van der Waals surface area contributed by atoms with Gasteiger partial charge >= 0.3 is 0 Å². The summed E-state index contributed by atoms with van der Waals surface area (Å²) in [6, 6.07) is 0. The summed E-state index contributed by atoms with van der Waals surface area (Å²) in [4.78, 5) is 0. The third-order valence-electron chi connectivity index (χ3n) is 4.06. The minimum absolute atomic E-state index is 0.357. The van der Waals surface area contributed by atoms with Crippen LogP contribution >= 0.6 is 0 Å². The Morgan fingerprint density at radius 1 is 1.29 bits per heavy atom. The first-order valence-electron chi connectivity index (χ1n) is 7.23. The maximum Gasteiger partial charge on any atom is 0.0467 e. The highest BCUT2D eigenvalue weighted by Crippen LogP contribution is 2.28. The molecule has 0 spiro atoms. The normalized spacial score (nSPS) is 26.1. The predicted octanol–water partition coefficient (Wildman–Crippen LogP) is 3.47. The molecule has 1 aliphatic carbocycles. The lowest BCUT2D eigenvalue weighted by Crippen LogP contribution is -2.34. The Bertz CT molecular complexity index is 203. The number of nitrogens with one attached hydrogen (secondary N) is 1. The van der Waals surface area contributed by atoms with Gasteiger partial charge in [0.05, 0.1) is 0 Å². The summed E-state index contributed by atoms with van der Waals surface area (Å²) in [5.74, 6) is 1.86. The third kappa shape index (κ3) is 6.42. The third-order valence-corrected chi connectivity index (χ3v) is 4.06. The molecule has 0 radical (unpaired) electrons. The van der Waals surface area contributed by atoms with Crippen molar-refractivity contribution in [1.82, 2.24) is 5.32 Å². The maximum atomic E-state index is 5.16. The summed E-state index contributed by atoms with van der Waals surface area (Å²) < 4.78 is 5.16. The van der Waals surface area contributed by atoms with Crippen LogP contribution in [0.3, 0.4) is 0 Å². The van der Waals surface area contributed by atoms with Crippen molar-refractivity contribution in [2.75, 3.05) is 26.8 Å². The van der Waals surface area contributed by atoms with Gasteiger partial charge in [-0.15, -0.1) is 0 Å². The Kier molecular flexibility index (Phi) is 6.50. The second kappa shape index (κ2) is 7.38. The van der Waals surface area contributed by atoms with Gasteiger partial charge in [0.15, 0.2) is 0 Å². The van der Waals surface area contributed by atoms with Crippen LogP contribution in [0.4, 0.5) is 0 Å². The zero-order valence-electron chi connectivity index (χ0n) is 12.2. The average molecular weight is 241 g/mol. The highest BCUT2D eigenvalue weighted by atomic mass is 16.5. The van der Waals surface area contributed by atoms with E-state index in [1.807, 2.05) is 0 Å². The Hall–Kier alpha value is -0.0800. The zero-order chi connectivity index (χ0) is 12.7. The van der Waals surface area contributed by atoms with Crippen LogP contribution in [0.5, 0.6) is 0 Å². The molecule has 0 aromatic heterocycles. The zero-order valence-corrected chi connectivity index (χ0v) is 12.2. The molecule has 0 aromatic rings. The first kappa shape index (κ1) is 15.0. The van der Waals surface area contributed by atoms with Crippen LogP contribution in [0.2, 0.25) is 0 Å². The van der Waals surface area contributed by atoms with Gasteiger partial charge in [0.25, 0.3) is 0 Å². The van der Waals surface area contributed by atoms with E-state index in [1.54, 1.807) is 7.11 Å². The molecule has 2 atom stereocenters. The number of hydrogen-bond acceptors (Lipinski definition) is 2. The fourth-order valence-corrected chi connectivity index (χ4v) is 2.83. The van der Waals surface area contributed by atoms with Gasteiger partial charge in [-0.1, -0.05) is 33.6 Å². The standard InChI is InChI=1S/C15H31NO/c1-13-6-5-7-14(10-13)11-16-12-15(2,3)8-9-17-4/h13-14,16H,5-12H2,1-4H3. The number of methoxy groups -OCH3 is 1.